The monoisotopic (exact) mass is 800 g/mol. The predicted molar refractivity (Wildman–Crippen MR) is 259 cm³/mol. The van der Waals surface area contributed by atoms with Crippen LogP contribution in [0.1, 0.15) is 66.4 Å². The molecule has 6 aromatic carbocycles. The van der Waals surface area contributed by atoms with Crippen LogP contribution in [0, 0.1) is 5.92 Å². The molecule has 11 rings (SSSR count). The van der Waals surface area contributed by atoms with Crippen LogP contribution in [0.2, 0.25) is 0 Å². The van der Waals surface area contributed by atoms with Gasteiger partial charge in [0, 0.05) is 56.1 Å². The topological polar surface area (TPSA) is 34.0 Å². The van der Waals surface area contributed by atoms with Gasteiger partial charge in [0.05, 0.1) is 28.3 Å². The van der Waals surface area contributed by atoms with Crippen LogP contribution in [-0.2, 0) is 12.8 Å². The molecule has 4 nitrogen and oxygen atoms in total. The van der Waals surface area contributed by atoms with Crippen LogP contribution in [-0.4, -0.2) is 14.5 Å². The van der Waals surface area contributed by atoms with Crippen molar-refractivity contribution >= 4 is 45.2 Å². The summed E-state index contributed by atoms with van der Waals surface area (Å²) in [6, 6.07) is 56.9. The van der Waals surface area contributed by atoms with E-state index < -0.39 is 0 Å². The molecule has 0 amide bonds. The molecule has 0 aliphatic heterocycles. The van der Waals surface area contributed by atoms with E-state index >= 15 is 0 Å². The molecule has 0 spiro atoms. The lowest BCUT2D eigenvalue weighted by Crippen LogP contribution is -2.11. The van der Waals surface area contributed by atoms with E-state index in [1.165, 1.54) is 44.5 Å². The number of fused-ring (bicyclic) bond motifs is 4. The summed E-state index contributed by atoms with van der Waals surface area (Å²) >= 11 is 0. The molecular weight excluding hydrogens is 753 g/mol. The van der Waals surface area contributed by atoms with Gasteiger partial charge >= 0.3 is 0 Å². The molecule has 0 bridgehead atoms. The van der Waals surface area contributed by atoms with Gasteiger partial charge in [-0.25, -0.2) is 9.97 Å². The highest BCUT2D eigenvalue weighted by Gasteiger charge is 2.24. The fraction of sp³-hybridized carbons (Fsp3) is 0.138. The molecule has 1 unspecified atom stereocenters. The maximum absolute atomic E-state index is 5.58. The van der Waals surface area contributed by atoms with Crippen molar-refractivity contribution in [1.82, 2.24) is 14.5 Å². The van der Waals surface area contributed by atoms with Gasteiger partial charge in [-0.15, -0.1) is 0 Å². The van der Waals surface area contributed by atoms with Gasteiger partial charge in [0.25, 0.3) is 0 Å². The number of hydrogen-bond donors (Lipinski definition) is 0. The Morgan fingerprint density at radius 3 is 2.05 bits per heavy atom. The van der Waals surface area contributed by atoms with Gasteiger partial charge in [-0.3, -0.25) is 0 Å². The molecule has 0 radical (unpaired) electrons. The fourth-order valence-electron chi connectivity index (χ4n) is 9.64. The normalized spacial score (nSPS) is 15.7. The van der Waals surface area contributed by atoms with E-state index in [-0.39, 0.29) is 0 Å². The van der Waals surface area contributed by atoms with Crippen molar-refractivity contribution in [3.63, 3.8) is 0 Å². The number of nitrogens with zero attached hydrogens (tertiary/aromatic N) is 4. The summed E-state index contributed by atoms with van der Waals surface area (Å²) < 4.78 is 2.47. The predicted octanol–water partition coefficient (Wildman–Crippen LogP) is 14.9. The number of rotatable bonds is 8. The Morgan fingerprint density at radius 2 is 1.24 bits per heavy atom. The Morgan fingerprint density at radius 1 is 0.565 bits per heavy atom. The molecule has 2 heterocycles. The van der Waals surface area contributed by atoms with Crippen LogP contribution >= 0.6 is 0 Å². The highest BCUT2D eigenvalue weighted by Crippen LogP contribution is 2.41. The smallest absolute Gasteiger partial charge is 0.0973 e. The second-order valence-corrected chi connectivity index (χ2v) is 16.8. The van der Waals surface area contributed by atoms with Crippen molar-refractivity contribution in [3.8, 4) is 28.2 Å². The fourth-order valence-corrected chi connectivity index (χ4v) is 9.64. The average molecular weight is 801 g/mol. The van der Waals surface area contributed by atoms with E-state index in [2.05, 4.69) is 211 Å². The summed E-state index contributed by atoms with van der Waals surface area (Å²) in [5, 5.41) is 1.32. The Bertz CT molecular complexity index is 3060. The number of para-hydroxylation sites is 2. The van der Waals surface area contributed by atoms with E-state index in [4.69, 9.17) is 9.97 Å². The third kappa shape index (κ3) is 7.02. The summed E-state index contributed by atoms with van der Waals surface area (Å²) in [5.41, 5.74) is 19.3. The summed E-state index contributed by atoms with van der Waals surface area (Å²) in [7, 11) is 0. The highest BCUT2D eigenvalue weighted by molar-refractivity contribution is 5.93. The maximum atomic E-state index is 5.58. The number of hydrogen-bond acceptors (Lipinski definition) is 3. The zero-order valence-corrected chi connectivity index (χ0v) is 35.1. The van der Waals surface area contributed by atoms with Crippen molar-refractivity contribution < 1.29 is 0 Å². The lowest BCUT2D eigenvalue weighted by molar-refractivity contribution is 0.740. The number of anilines is 3. The van der Waals surface area contributed by atoms with E-state index in [1.54, 1.807) is 0 Å². The van der Waals surface area contributed by atoms with Crippen molar-refractivity contribution in [1.29, 1.82) is 0 Å². The molecule has 0 fully saturated rings. The van der Waals surface area contributed by atoms with Gasteiger partial charge in [-0.2, -0.15) is 0 Å². The summed E-state index contributed by atoms with van der Waals surface area (Å²) in [5.74, 6) is 0.536. The van der Waals surface area contributed by atoms with Crippen LogP contribution < -0.4 is 4.90 Å². The van der Waals surface area contributed by atoms with Gasteiger partial charge in [0.15, 0.2) is 0 Å². The largest absolute Gasteiger partial charge is 0.313 e. The quantitative estimate of drug-likeness (QED) is 0.153. The van der Waals surface area contributed by atoms with E-state index in [0.29, 0.717) is 5.92 Å². The Labute approximate surface area is 364 Å². The minimum absolute atomic E-state index is 0.536. The van der Waals surface area contributed by atoms with Crippen LogP contribution in [0.25, 0.3) is 56.3 Å². The standard InChI is InChI=1S/C58H48N4/c1-40-16-13-19-43(38-40)44-20-14-21-45(39-44)50-26-15-27-53-58(50)60-57(56(59-53)41-17-5-2-6-18-41)42-30-32-47(33-31-42)61(46-22-7-3-8-23-46)48-34-36-49(37-35-48)62-54-28-10-4-9-24-51(54)52-25-11-12-29-55(52)62/h2-3,5-9,11-14,17-26,29-40H,4,10,15-16,27-28H2,1H3. The van der Waals surface area contributed by atoms with Gasteiger partial charge in [0.2, 0.25) is 0 Å². The number of allylic oxidation sites excluding steroid dienone is 6. The first-order valence-electron chi connectivity index (χ1n) is 22.2. The van der Waals surface area contributed by atoms with Gasteiger partial charge in [-0.1, -0.05) is 140 Å². The van der Waals surface area contributed by atoms with Gasteiger partial charge < -0.3 is 9.47 Å². The summed E-state index contributed by atoms with van der Waals surface area (Å²) in [6.07, 6.45) is 20.2. The Balaban J connectivity index is 0.980. The van der Waals surface area contributed by atoms with Gasteiger partial charge in [-0.05, 0) is 122 Å². The molecule has 1 atom stereocenters. The molecule has 3 aliphatic carbocycles. The molecule has 8 aromatic rings. The lowest BCUT2D eigenvalue weighted by atomic mass is 9.89. The van der Waals surface area contributed by atoms with Crippen LogP contribution in [0.15, 0.2) is 188 Å². The number of aryl methyl sites for hydroxylation is 1. The molecule has 4 heteroatoms. The second kappa shape index (κ2) is 16.3. The van der Waals surface area contributed by atoms with Crippen LogP contribution in [0.3, 0.4) is 0 Å². The molecule has 300 valence electrons. The lowest BCUT2D eigenvalue weighted by Gasteiger charge is -2.26. The van der Waals surface area contributed by atoms with E-state index in [0.717, 1.165) is 95.1 Å². The zero-order chi connectivity index (χ0) is 41.4. The average Bonchev–Trinajstić information content (AvgIpc) is 3.45. The van der Waals surface area contributed by atoms with E-state index in [9.17, 15) is 0 Å². The summed E-state index contributed by atoms with van der Waals surface area (Å²) in [4.78, 5) is 13.4. The zero-order valence-electron chi connectivity index (χ0n) is 35.1. The molecule has 3 aliphatic rings. The number of aromatic nitrogens is 3. The third-order valence-corrected chi connectivity index (χ3v) is 12.6. The molecule has 62 heavy (non-hydrogen) atoms. The maximum Gasteiger partial charge on any atom is 0.0973 e. The molecule has 0 saturated heterocycles. The van der Waals surface area contributed by atoms with Gasteiger partial charge in [0.1, 0.15) is 0 Å². The van der Waals surface area contributed by atoms with Crippen LogP contribution in [0.5, 0.6) is 0 Å². The second-order valence-electron chi connectivity index (χ2n) is 16.8. The molecular formula is C58H48N4. The SMILES string of the molecule is CC1C=C(c2cccc(C3=CCCc4nc(-c5ccccc5)c(-c5ccc(N(c6ccccc6)c6ccc(-n7c8c(c9ccccc97)C=CCCC8)cc6)cc5)nc43)c2)C=CC1. The van der Waals surface area contributed by atoms with Crippen molar-refractivity contribution in [2.24, 2.45) is 5.92 Å². The minimum Gasteiger partial charge on any atom is -0.313 e. The Kier molecular flexibility index (Phi) is 9.90. The van der Waals surface area contributed by atoms with Crippen molar-refractivity contribution in [2.75, 3.05) is 4.90 Å². The molecule has 0 N–H and O–H groups in total. The first-order valence-corrected chi connectivity index (χ1v) is 22.2. The Hall–Kier alpha value is -7.30. The minimum atomic E-state index is 0.536. The van der Waals surface area contributed by atoms with Crippen molar-refractivity contribution in [3.05, 3.63) is 222 Å². The molecule has 2 aromatic heterocycles. The summed E-state index contributed by atoms with van der Waals surface area (Å²) in [6.45, 7) is 2.29. The van der Waals surface area contributed by atoms with E-state index in [1.807, 2.05) is 0 Å². The van der Waals surface area contributed by atoms with Crippen molar-refractivity contribution in [2.45, 2.75) is 45.4 Å². The number of benzene rings is 6. The molecule has 0 saturated carbocycles. The highest BCUT2D eigenvalue weighted by atomic mass is 15.1. The van der Waals surface area contributed by atoms with Crippen LogP contribution in [0.4, 0.5) is 17.1 Å². The first-order chi connectivity index (χ1) is 30.7. The first kappa shape index (κ1) is 37.7. The third-order valence-electron chi connectivity index (χ3n) is 12.6.